The fraction of sp³-hybridized carbons (Fsp3) is 0.538. The van der Waals surface area contributed by atoms with Gasteiger partial charge >= 0.3 is 0 Å². The van der Waals surface area contributed by atoms with Crippen LogP contribution in [0.3, 0.4) is 0 Å². The van der Waals surface area contributed by atoms with E-state index in [9.17, 15) is 0 Å². The van der Waals surface area contributed by atoms with Gasteiger partial charge in [0, 0.05) is 18.9 Å². The molecule has 2 heterocycles. The first kappa shape index (κ1) is 11.1. The summed E-state index contributed by atoms with van der Waals surface area (Å²) in [7, 11) is 0. The van der Waals surface area contributed by atoms with Crippen LogP contribution in [0, 0.1) is 11.3 Å². The topological polar surface area (TPSA) is 39.9 Å². The van der Waals surface area contributed by atoms with Crippen molar-refractivity contribution < 1.29 is 0 Å². The Balaban J connectivity index is 1.99. The van der Waals surface area contributed by atoms with Gasteiger partial charge in [-0.15, -0.1) is 0 Å². The van der Waals surface area contributed by atoms with Gasteiger partial charge in [-0.05, 0) is 37.6 Å². The highest BCUT2D eigenvalue weighted by Crippen LogP contribution is 2.13. The molecule has 3 nitrogen and oxygen atoms in total. The minimum atomic E-state index is 0.660. The van der Waals surface area contributed by atoms with E-state index in [4.69, 9.17) is 5.26 Å². The van der Waals surface area contributed by atoms with E-state index in [1.165, 1.54) is 38.8 Å². The second kappa shape index (κ2) is 5.62. The number of likely N-dealkylation sites (tertiary alicyclic amines) is 1. The van der Waals surface area contributed by atoms with Gasteiger partial charge in [0.15, 0.2) is 0 Å². The van der Waals surface area contributed by atoms with Gasteiger partial charge in [0.05, 0.1) is 5.56 Å². The number of hydrogen-bond acceptors (Lipinski definition) is 3. The van der Waals surface area contributed by atoms with Gasteiger partial charge in [-0.25, -0.2) is 0 Å². The van der Waals surface area contributed by atoms with Crippen LogP contribution in [-0.4, -0.2) is 23.0 Å². The lowest BCUT2D eigenvalue weighted by atomic mass is 10.2. The predicted octanol–water partition coefficient (Wildman–Crippen LogP) is 2.33. The lowest BCUT2D eigenvalue weighted by Gasteiger charge is -2.19. The molecule has 0 spiro atoms. The Morgan fingerprint density at radius 1 is 1.19 bits per heavy atom. The minimum absolute atomic E-state index is 0.660. The average Bonchev–Trinajstić information content (AvgIpc) is 2.58. The van der Waals surface area contributed by atoms with Gasteiger partial charge in [0.25, 0.3) is 0 Å². The molecule has 1 aliphatic rings. The van der Waals surface area contributed by atoms with Crippen molar-refractivity contribution in [1.82, 2.24) is 9.88 Å². The highest BCUT2D eigenvalue weighted by molar-refractivity contribution is 5.28. The Hall–Kier alpha value is -1.40. The van der Waals surface area contributed by atoms with E-state index < -0.39 is 0 Å². The monoisotopic (exact) mass is 215 g/mol. The molecular weight excluding hydrogens is 198 g/mol. The summed E-state index contributed by atoms with van der Waals surface area (Å²) in [5.74, 6) is 0. The zero-order chi connectivity index (χ0) is 11.2. The summed E-state index contributed by atoms with van der Waals surface area (Å²) < 4.78 is 0. The molecule has 2 rings (SSSR count). The molecule has 0 aromatic carbocycles. The van der Waals surface area contributed by atoms with Crippen molar-refractivity contribution in [1.29, 1.82) is 5.26 Å². The predicted molar refractivity (Wildman–Crippen MR) is 62.7 cm³/mol. The number of aromatic nitrogens is 1. The van der Waals surface area contributed by atoms with Gasteiger partial charge < -0.3 is 0 Å². The van der Waals surface area contributed by atoms with Crippen LogP contribution < -0.4 is 0 Å². The van der Waals surface area contributed by atoms with Crippen LogP contribution in [-0.2, 0) is 6.54 Å². The zero-order valence-corrected chi connectivity index (χ0v) is 9.52. The van der Waals surface area contributed by atoms with Gasteiger partial charge in [0.2, 0.25) is 0 Å². The number of hydrogen-bond donors (Lipinski definition) is 0. The lowest BCUT2D eigenvalue weighted by molar-refractivity contribution is 0.276. The summed E-state index contributed by atoms with van der Waals surface area (Å²) in [6.07, 6.45) is 8.79. The highest BCUT2D eigenvalue weighted by atomic mass is 15.1. The van der Waals surface area contributed by atoms with Crippen molar-refractivity contribution in [2.24, 2.45) is 0 Å². The third-order valence-electron chi connectivity index (χ3n) is 3.03. The summed E-state index contributed by atoms with van der Waals surface area (Å²) in [6, 6.07) is 4.08. The second-order valence-corrected chi connectivity index (χ2v) is 4.38. The van der Waals surface area contributed by atoms with Gasteiger partial charge in [-0.3, -0.25) is 9.88 Å². The molecule has 0 aliphatic carbocycles. The standard InChI is InChI=1S/C13H17N3/c14-8-12-7-13(10-15-9-12)11-16-5-3-1-2-4-6-16/h7,9-10H,1-6,11H2. The van der Waals surface area contributed by atoms with Gasteiger partial charge in [0.1, 0.15) is 6.07 Å². The summed E-state index contributed by atoms with van der Waals surface area (Å²) >= 11 is 0. The molecule has 84 valence electrons. The average molecular weight is 215 g/mol. The van der Waals surface area contributed by atoms with Crippen molar-refractivity contribution in [3.05, 3.63) is 29.6 Å². The van der Waals surface area contributed by atoms with Crippen LogP contribution >= 0.6 is 0 Å². The maximum atomic E-state index is 8.81. The normalized spacial score (nSPS) is 17.7. The van der Waals surface area contributed by atoms with Crippen LogP contribution in [0.25, 0.3) is 0 Å². The van der Waals surface area contributed by atoms with Crippen LogP contribution in [0.1, 0.15) is 36.8 Å². The third kappa shape index (κ3) is 3.04. The van der Waals surface area contributed by atoms with Crippen molar-refractivity contribution in [2.75, 3.05) is 13.1 Å². The number of nitrogens with zero attached hydrogens (tertiary/aromatic N) is 3. The van der Waals surface area contributed by atoms with Crippen molar-refractivity contribution in [2.45, 2.75) is 32.2 Å². The molecule has 1 aliphatic heterocycles. The molecule has 3 heteroatoms. The Bertz CT molecular complexity index is 373. The fourth-order valence-electron chi connectivity index (χ4n) is 2.19. The van der Waals surface area contributed by atoms with Gasteiger partial charge in [-0.2, -0.15) is 5.26 Å². The summed E-state index contributed by atoms with van der Waals surface area (Å²) in [6.45, 7) is 3.29. The molecule has 1 fully saturated rings. The Morgan fingerprint density at radius 3 is 2.62 bits per heavy atom. The first-order chi connectivity index (χ1) is 7.88. The van der Waals surface area contributed by atoms with Crippen molar-refractivity contribution in [3.8, 4) is 6.07 Å². The van der Waals surface area contributed by atoms with Crippen molar-refractivity contribution >= 4 is 0 Å². The minimum Gasteiger partial charge on any atom is -0.299 e. The third-order valence-corrected chi connectivity index (χ3v) is 3.03. The summed E-state index contributed by atoms with van der Waals surface area (Å²) in [4.78, 5) is 6.56. The van der Waals surface area contributed by atoms with Crippen LogP contribution in [0.4, 0.5) is 0 Å². The molecule has 0 radical (unpaired) electrons. The van der Waals surface area contributed by atoms with Crippen LogP contribution in [0.2, 0.25) is 0 Å². The quantitative estimate of drug-likeness (QED) is 0.760. The van der Waals surface area contributed by atoms with E-state index in [2.05, 4.69) is 16.0 Å². The molecule has 0 saturated carbocycles. The summed E-state index contributed by atoms with van der Waals surface area (Å²) in [5.41, 5.74) is 1.81. The number of rotatable bonds is 2. The summed E-state index contributed by atoms with van der Waals surface area (Å²) in [5, 5.41) is 8.81. The van der Waals surface area contributed by atoms with E-state index in [1.54, 1.807) is 6.20 Å². The van der Waals surface area contributed by atoms with E-state index in [-0.39, 0.29) is 0 Å². The Morgan fingerprint density at radius 2 is 1.94 bits per heavy atom. The van der Waals surface area contributed by atoms with E-state index >= 15 is 0 Å². The fourth-order valence-corrected chi connectivity index (χ4v) is 2.19. The highest BCUT2D eigenvalue weighted by Gasteiger charge is 2.09. The molecule has 0 bridgehead atoms. The maximum Gasteiger partial charge on any atom is 0.101 e. The molecule has 1 aromatic heterocycles. The van der Waals surface area contributed by atoms with Crippen LogP contribution in [0.15, 0.2) is 18.5 Å². The molecule has 0 amide bonds. The zero-order valence-electron chi connectivity index (χ0n) is 9.52. The van der Waals surface area contributed by atoms with E-state index in [0.717, 1.165) is 12.1 Å². The Kier molecular flexibility index (Phi) is 3.90. The largest absolute Gasteiger partial charge is 0.299 e. The molecule has 0 unspecified atom stereocenters. The van der Waals surface area contributed by atoms with E-state index in [1.807, 2.05) is 12.3 Å². The van der Waals surface area contributed by atoms with Crippen LogP contribution in [0.5, 0.6) is 0 Å². The second-order valence-electron chi connectivity index (χ2n) is 4.38. The first-order valence-electron chi connectivity index (χ1n) is 5.95. The molecule has 0 N–H and O–H groups in total. The Labute approximate surface area is 96.7 Å². The lowest BCUT2D eigenvalue weighted by Crippen LogP contribution is -2.24. The maximum absolute atomic E-state index is 8.81. The number of pyridine rings is 1. The van der Waals surface area contributed by atoms with Crippen molar-refractivity contribution in [3.63, 3.8) is 0 Å². The molecule has 1 saturated heterocycles. The van der Waals surface area contributed by atoms with E-state index in [0.29, 0.717) is 5.56 Å². The smallest absolute Gasteiger partial charge is 0.101 e. The molecular formula is C13H17N3. The molecule has 16 heavy (non-hydrogen) atoms. The molecule has 1 aromatic rings. The number of nitriles is 1. The van der Waals surface area contributed by atoms with Gasteiger partial charge in [-0.1, -0.05) is 12.8 Å². The SMILES string of the molecule is N#Cc1cncc(CN2CCCCCC2)c1. The first-order valence-corrected chi connectivity index (χ1v) is 5.95. The molecule has 0 atom stereocenters.